The van der Waals surface area contributed by atoms with Crippen molar-refractivity contribution in [2.24, 2.45) is 0 Å². The molecule has 0 radical (unpaired) electrons. The Hall–Kier alpha value is -4.16. The Morgan fingerprint density at radius 1 is 1.15 bits per heavy atom. The van der Waals surface area contributed by atoms with Crippen LogP contribution in [0.3, 0.4) is 0 Å². The zero-order valence-electron chi connectivity index (χ0n) is 17.5. The lowest BCUT2D eigenvalue weighted by Gasteiger charge is -2.33. The van der Waals surface area contributed by atoms with E-state index in [9.17, 15) is 23.1 Å². The van der Waals surface area contributed by atoms with E-state index in [1.807, 2.05) is 30.3 Å². The van der Waals surface area contributed by atoms with Crippen LogP contribution >= 0.6 is 0 Å². The van der Waals surface area contributed by atoms with Gasteiger partial charge in [0, 0.05) is 6.42 Å². The Bertz CT molecular complexity index is 1410. The van der Waals surface area contributed by atoms with E-state index in [0.717, 1.165) is 5.56 Å². The van der Waals surface area contributed by atoms with Gasteiger partial charge in [0.1, 0.15) is 5.69 Å². The number of rotatable bonds is 4. The highest BCUT2D eigenvalue weighted by atomic mass is 32.2. The summed E-state index contributed by atoms with van der Waals surface area (Å²) in [4.78, 5) is 28.7. The molecule has 4 rings (SSSR count). The number of nitrogens with one attached hydrogen (secondary N) is 1. The number of aromatic carboxylic acids is 1. The Morgan fingerprint density at radius 3 is 2.64 bits per heavy atom. The topological polar surface area (TPSA) is 117 Å². The highest BCUT2D eigenvalue weighted by Gasteiger charge is 2.39. The first-order valence-corrected chi connectivity index (χ1v) is 11.4. The lowest BCUT2D eigenvalue weighted by atomic mass is 10.0. The number of aromatic nitrogens is 1. The van der Waals surface area contributed by atoms with Crippen molar-refractivity contribution in [2.45, 2.75) is 19.4 Å². The van der Waals surface area contributed by atoms with Gasteiger partial charge in [0.25, 0.3) is 5.91 Å². The lowest BCUT2D eigenvalue weighted by Crippen LogP contribution is -2.46. The first-order chi connectivity index (χ1) is 15.8. The molecule has 166 valence electrons. The van der Waals surface area contributed by atoms with Crippen LogP contribution in [0.2, 0.25) is 0 Å². The van der Waals surface area contributed by atoms with Gasteiger partial charge in [0.15, 0.2) is 0 Å². The quantitative estimate of drug-likeness (QED) is 0.576. The average molecular weight is 461 g/mol. The van der Waals surface area contributed by atoms with Gasteiger partial charge >= 0.3 is 16.2 Å². The molecule has 2 aromatic carbocycles. The van der Waals surface area contributed by atoms with Gasteiger partial charge in [-0.1, -0.05) is 48.4 Å². The maximum atomic E-state index is 13.2. The summed E-state index contributed by atoms with van der Waals surface area (Å²) in [6, 6.07) is 16.0. The summed E-state index contributed by atoms with van der Waals surface area (Å²) in [5, 5.41) is 9.23. The van der Waals surface area contributed by atoms with Gasteiger partial charge in [-0.2, -0.15) is 8.42 Å². The van der Waals surface area contributed by atoms with E-state index >= 15 is 0 Å². The van der Waals surface area contributed by atoms with Crippen molar-refractivity contribution in [2.75, 3.05) is 4.72 Å². The van der Waals surface area contributed by atoms with Crippen molar-refractivity contribution in [3.8, 4) is 11.8 Å². The second-order valence-corrected chi connectivity index (χ2v) is 8.94. The fraction of sp³-hybridized carbons (Fsp3) is 0.125. The van der Waals surface area contributed by atoms with E-state index in [1.165, 1.54) is 37.4 Å². The minimum Gasteiger partial charge on any atom is -0.478 e. The van der Waals surface area contributed by atoms with Gasteiger partial charge < -0.3 is 5.11 Å². The number of hydrogen-bond donors (Lipinski definition) is 2. The molecule has 2 N–H and O–H groups in total. The minimum atomic E-state index is -4.22. The molecule has 0 fully saturated rings. The van der Waals surface area contributed by atoms with Crippen LogP contribution in [-0.4, -0.2) is 34.7 Å². The second kappa shape index (κ2) is 8.76. The molecule has 1 unspecified atom stereocenters. The maximum absolute atomic E-state index is 13.2. The standard InChI is InChI=1S/C24H19N3O5S/c1-16(18-10-6-11-19(13-18)24(29)30)27-23(28)21-14-20(25-15-22(21)26-33(27,31)32)12-5-9-17-7-3-2-4-8-17/h2-4,6-8,10-11,13-16,26H,9H2,1H3,(H,29,30). The summed E-state index contributed by atoms with van der Waals surface area (Å²) in [5.74, 6) is 4.01. The third-order valence-corrected chi connectivity index (χ3v) is 6.63. The fourth-order valence-electron chi connectivity index (χ4n) is 3.48. The summed E-state index contributed by atoms with van der Waals surface area (Å²) in [5.41, 5.74) is 1.92. The number of carboxylic acid groups (broad SMARTS) is 1. The van der Waals surface area contributed by atoms with Crippen LogP contribution in [-0.2, 0) is 16.6 Å². The molecular formula is C24H19N3O5S. The summed E-state index contributed by atoms with van der Waals surface area (Å²) in [6.07, 6.45) is 1.77. The van der Waals surface area contributed by atoms with Gasteiger partial charge in [0.2, 0.25) is 0 Å². The van der Waals surface area contributed by atoms with E-state index in [0.29, 0.717) is 22.0 Å². The number of pyridine rings is 1. The number of carbonyl (C=O) groups is 2. The molecule has 0 saturated heterocycles. The Morgan fingerprint density at radius 2 is 1.91 bits per heavy atom. The molecule has 0 spiro atoms. The first kappa shape index (κ1) is 22.0. The first-order valence-electron chi connectivity index (χ1n) is 9.99. The molecule has 1 aromatic heterocycles. The largest absolute Gasteiger partial charge is 0.478 e. The minimum absolute atomic E-state index is 0.00487. The predicted molar refractivity (Wildman–Crippen MR) is 122 cm³/mol. The van der Waals surface area contributed by atoms with Crippen LogP contribution in [0.25, 0.3) is 0 Å². The molecule has 33 heavy (non-hydrogen) atoms. The number of fused-ring (bicyclic) bond motifs is 1. The summed E-state index contributed by atoms with van der Waals surface area (Å²) < 4.78 is 28.7. The predicted octanol–water partition coefficient (Wildman–Crippen LogP) is 3.25. The van der Waals surface area contributed by atoms with Crippen molar-refractivity contribution >= 4 is 27.8 Å². The molecule has 1 atom stereocenters. The van der Waals surface area contributed by atoms with Crippen molar-refractivity contribution in [1.29, 1.82) is 0 Å². The zero-order chi connectivity index (χ0) is 23.6. The fourth-order valence-corrected chi connectivity index (χ4v) is 4.88. The third-order valence-electron chi connectivity index (χ3n) is 5.15. The van der Waals surface area contributed by atoms with Gasteiger partial charge in [0.05, 0.1) is 29.1 Å². The number of carbonyl (C=O) groups excluding carboxylic acids is 1. The molecule has 1 aliphatic rings. The maximum Gasteiger partial charge on any atom is 0.335 e. The van der Waals surface area contributed by atoms with E-state index in [2.05, 4.69) is 21.5 Å². The van der Waals surface area contributed by atoms with Crippen LogP contribution in [0.1, 0.15) is 50.5 Å². The van der Waals surface area contributed by atoms with E-state index in [4.69, 9.17) is 0 Å². The molecule has 8 nitrogen and oxygen atoms in total. The number of hydrogen-bond acceptors (Lipinski definition) is 5. The molecule has 0 saturated carbocycles. The van der Waals surface area contributed by atoms with E-state index < -0.39 is 28.1 Å². The molecule has 1 aliphatic heterocycles. The molecule has 2 heterocycles. The number of nitrogens with zero attached hydrogens (tertiary/aromatic N) is 2. The molecular weight excluding hydrogens is 442 g/mol. The third kappa shape index (κ3) is 4.56. The van der Waals surface area contributed by atoms with E-state index in [-0.39, 0.29) is 16.8 Å². The van der Waals surface area contributed by atoms with Crippen LogP contribution in [0.4, 0.5) is 5.69 Å². The zero-order valence-corrected chi connectivity index (χ0v) is 18.3. The summed E-state index contributed by atoms with van der Waals surface area (Å²) in [6.45, 7) is 1.52. The van der Waals surface area contributed by atoms with Gasteiger partial charge in [-0.25, -0.2) is 14.1 Å². The highest BCUT2D eigenvalue weighted by molar-refractivity contribution is 7.91. The smallest absolute Gasteiger partial charge is 0.335 e. The van der Waals surface area contributed by atoms with Gasteiger partial charge in [-0.15, -0.1) is 0 Å². The van der Waals surface area contributed by atoms with Crippen LogP contribution in [0, 0.1) is 11.8 Å². The van der Waals surface area contributed by atoms with Crippen LogP contribution in [0.15, 0.2) is 66.9 Å². The van der Waals surface area contributed by atoms with Gasteiger partial charge in [-0.3, -0.25) is 9.52 Å². The van der Waals surface area contributed by atoms with Crippen molar-refractivity contribution < 1.29 is 23.1 Å². The lowest BCUT2D eigenvalue weighted by molar-refractivity contribution is 0.0696. The Balaban J connectivity index is 1.65. The van der Waals surface area contributed by atoms with Crippen molar-refractivity contribution in [3.63, 3.8) is 0 Å². The number of amides is 1. The Kier molecular flexibility index (Phi) is 5.85. The van der Waals surface area contributed by atoms with Crippen LogP contribution < -0.4 is 4.72 Å². The van der Waals surface area contributed by atoms with Crippen molar-refractivity contribution in [1.82, 2.24) is 9.29 Å². The van der Waals surface area contributed by atoms with Crippen molar-refractivity contribution in [3.05, 3.63) is 94.8 Å². The molecule has 1 amide bonds. The number of benzene rings is 2. The van der Waals surface area contributed by atoms with E-state index in [1.54, 1.807) is 6.07 Å². The summed E-state index contributed by atoms with van der Waals surface area (Å²) in [7, 11) is -4.22. The number of anilines is 1. The summed E-state index contributed by atoms with van der Waals surface area (Å²) >= 11 is 0. The normalized spacial score (nSPS) is 14.9. The van der Waals surface area contributed by atoms with Crippen LogP contribution in [0.5, 0.6) is 0 Å². The van der Waals surface area contributed by atoms with Gasteiger partial charge in [-0.05, 0) is 42.2 Å². The molecule has 0 aliphatic carbocycles. The Labute approximate surface area is 191 Å². The number of carboxylic acids is 1. The molecule has 9 heteroatoms. The average Bonchev–Trinajstić information content (AvgIpc) is 2.79. The second-order valence-electron chi connectivity index (χ2n) is 7.39. The monoisotopic (exact) mass is 461 g/mol. The SMILES string of the molecule is CC(c1cccc(C(=O)O)c1)N1C(=O)c2cc(C#CCc3ccccc3)ncc2NS1(=O)=O. The molecule has 0 bridgehead atoms. The molecule has 3 aromatic rings. The highest BCUT2D eigenvalue weighted by Crippen LogP contribution is 2.33.